The molecule has 0 saturated carbocycles. The molecule has 2 saturated heterocycles. The highest BCUT2D eigenvalue weighted by Gasteiger charge is 2.33. The van der Waals surface area contributed by atoms with E-state index in [9.17, 15) is 14.4 Å². The van der Waals surface area contributed by atoms with E-state index in [0.29, 0.717) is 24.7 Å². The van der Waals surface area contributed by atoms with Gasteiger partial charge in [-0.15, -0.1) is 10.2 Å². The number of ether oxygens (including phenoxy) is 4. The SMILES string of the molecule is CCOC(=O)c1nnc(NC(=O)CN2C[C@H](c3ccc(OC)c(OC4CCCO4)c3)CC2=O)s1. The first-order valence-corrected chi connectivity index (χ1v) is 11.8. The van der Waals surface area contributed by atoms with Gasteiger partial charge in [0.1, 0.15) is 0 Å². The minimum Gasteiger partial charge on any atom is -0.493 e. The number of carbonyl (C=O) groups excluding carboxylic acids is 3. The van der Waals surface area contributed by atoms with Crippen molar-refractivity contribution < 1.29 is 33.3 Å². The second-order valence-corrected chi connectivity index (χ2v) is 8.80. The van der Waals surface area contributed by atoms with Crippen LogP contribution < -0.4 is 14.8 Å². The molecule has 1 aromatic heterocycles. The van der Waals surface area contributed by atoms with Crippen LogP contribution in [0.2, 0.25) is 0 Å². The van der Waals surface area contributed by atoms with Gasteiger partial charge in [-0.05, 0) is 31.0 Å². The van der Waals surface area contributed by atoms with Crippen molar-refractivity contribution in [1.82, 2.24) is 15.1 Å². The van der Waals surface area contributed by atoms with Crippen LogP contribution in [0.1, 0.15) is 47.5 Å². The van der Waals surface area contributed by atoms with Crippen molar-refractivity contribution in [2.75, 3.05) is 38.7 Å². The van der Waals surface area contributed by atoms with E-state index in [0.717, 1.165) is 29.7 Å². The molecule has 0 spiro atoms. The number of anilines is 1. The van der Waals surface area contributed by atoms with E-state index in [4.69, 9.17) is 18.9 Å². The van der Waals surface area contributed by atoms with Crippen LogP contribution in [0.5, 0.6) is 11.5 Å². The summed E-state index contributed by atoms with van der Waals surface area (Å²) in [5.41, 5.74) is 0.924. The zero-order valence-electron chi connectivity index (χ0n) is 18.9. The molecule has 2 aliphatic heterocycles. The summed E-state index contributed by atoms with van der Waals surface area (Å²) in [7, 11) is 1.57. The molecule has 2 aromatic rings. The van der Waals surface area contributed by atoms with E-state index in [2.05, 4.69) is 15.5 Å². The van der Waals surface area contributed by atoms with Crippen LogP contribution in [0.3, 0.4) is 0 Å². The summed E-state index contributed by atoms with van der Waals surface area (Å²) in [5.74, 6) is -0.0570. The van der Waals surface area contributed by atoms with Gasteiger partial charge >= 0.3 is 5.97 Å². The summed E-state index contributed by atoms with van der Waals surface area (Å²) in [6.07, 6.45) is 1.74. The fourth-order valence-corrected chi connectivity index (χ4v) is 4.51. The fraction of sp³-hybridized carbons (Fsp3) is 0.500. The summed E-state index contributed by atoms with van der Waals surface area (Å²) in [5, 5.41) is 10.3. The molecule has 2 amide bonds. The van der Waals surface area contributed by atoms with Crippen LogP contribution in [0, 0.1) is 0 Å². The van der Waals surface area contributed by atoms with E-state index in [1.165, 1.54) is 4.90 Å². The van der Waals surface area contributed by atoms with Gasteiger partial charge < -0.3 is 23.8 Å². The lowest BCUT2D eigenvalue weighted by Crippen LogP contribution is -2.34. The van der Waals surface area contributed by atoms with Crippen LogP contribution in [-0.2, 0) is 19.1 Å². The molecule has 1 aromatic carbocycles. The van der Waals surface area contributed by atoms with Crippen LogP contribution in [0.25, 0.3) is 0 Å². The first-order valence-electron chi connectivity index (χ1n) is 11.0. The highest BCUT2D eigenvalue weighted by atomic mass is 32.1. The van der Waals surface area contributed by atoms with Gasteiger partial charge in [0.2, 0.25) is 22.0 Å². The Morgan fingerprint density at radius 1 is 1.29 bits per heavy atom. The number of nitrogens with one attached hydrogen (secondary N) is 1. The zero-order chi connectivity index (χ0) is 24.1. The number of rotatable bonds is 9. The maximum atomic E-state index is 12.6. The first-order chi connectivity index (χ1) is 16.5. The molecule has 1 N–H and O–H groups in total. The number of esters is 1. The van der Waals surface area contributed by atoms with Crippen LogP contribution >= 0.6 is 11.3 Å². The van der Waals surface area contributed by atoms with E-state index >= 15 is 0 Å². The Morgan fingerprint density at radius 2 is 2.15 bits per heavy atom. The Kier molecular flexibility index (Phi) is 7.58. The smallest absolute Gasteiger partial charge is 0.369 e. The Bertz CT molecular complexity index is 1050. The average Bonchev–Trinajstić information content (AvgIpc) is 3.57. The number of nitrogens with zero attached hydrogens (tertiary/aromatic N) is 3. The minimum atomic E-state index is -0.597. The molecule has 34 heavy (non-hydrogen) atoms. The van der Waals surface area contributed by atoms with Crippen molar-refractivity contribution in [2.24, 2.45) is 0 Å². The number of methoxy groups -OCH3 is 1. The number of carbonyl (C=O) groups is 3. The maximum absolute atomic E-state index is 12.6. The van der Waals surface area contributed by atoms with E-state index < -0.39 is 11.9 Å². The Labute approximate surface area is 200 Å². The zero-order valence-corrected chi connectivity index (χ0v) is 19.8. The minimum absolute atomic E-state index is 0.0509. The van der Waals surface area contributed by atoms with Gasteiger partial charge in [0.15, 0.2) is 17.8 Å². The van der Waals surface area contributed by atoms with Gasteiger partial charge in [0.25, 0.3) is 0 Å². The monoisotopic (exact) mass is 490 g/mol. The van der Waals surface area contributed by atoms with E-state index in [1.807, 2.05) is 18.2 Å². The topological polar surface area (TPSA) is 129 Å². The highest BCUT2D eigenvalue weighted by Crippen LogP contribution is 2.36. The van der Waals surface area contributed by atoms with Gasteiger partial charge in [-0.1, -0.05) is 17.4 Å². The Morgan fingerprint density at radius 3 is 2.88 bits per heavy atom. The number of hydrogen-bond acceptors (Lipinski definition) is 10. The second-order valence-electron chi connectivity index (χ2n) is 7.83. The average molecular weight is 491 g/mol. The lowest BCUT2D eigenvalue weighted by Gasteiger charge is -2.19. The summed E-state index contributed by atoms with van der Waals surface area (Å²) in [6, 6.07) is 5.59. The Balaban J connectivity index is 1.36. The lowest BCUT2D eigenvalue weighted by molar-refractivity contribution is -0.131. The number of hydrogen-bond donors (Lipinski definition) is 1. The summed E-state index contributed by atoms with van der Waals surface area (Å²) in [4.78, 5) is 38.2. The van der Waals surface area contributed by atoms with Crippen molar-refractivity contribution in [3.8, 4) is 11.5 Å². The molecule has 1 unspecified atom stereocenters. The van der Waals surface area contributed by atoms with Gasteiger partial charge in [-0.25, -0.2) is 4.79 Å². The van der Waals surface area contributed by atoms with Gasteiger partial charge in [0, 0.05) is 25.3 Å². The molecule has 0 bridgehead atoms. The third kappa shape index (κ3) is 5.62. The van der Waals surface area contributed by atoms with E-state index in [1.54, 1.807) is 14.0 Å². The third-order valence-corrected chi connectivity index (χ3v) is 6.29. The fourth-order valence-electron chi connectivity index (χ4n) is 3.85. The number of amides is 2. The molecule has 2 fully saturated rings. The quantitative estimate of drug-likeness (QED) is 0.526. The van der Waals surface area contributed by atoms with E-state index in [-0.39, 0.29) is 47.8 Å². The van der Waals surface area contributed by atoms with Crippen LogP contribution in [-0.4, -0.2) is 72.6 Å². The molecule has 0 radical (unpaired) electrons. The van der Waals surface area contributed by atoms with Gasteiger partial charge in [-0.2, -0.15) is 0 Å². The molecule has 2 aliphatic rings. The van der Waals surface area contributed by atoms with Crippen molar-refractivity contribution in [2.45, 2.75) is 38.4 Å². The van der Waals surface area contributed by atoms with Gasteiger partial charge in [-0.3, -0.25) is 14.9 Å². The summed E-state index contributed by atoms with van der Waals surface area (Å²) >= 11 is 0.915. The molecule has 0 aliphatic carbocycles. The number of benzene rings is 1. The molecule has 182 valence electrons. The molecule has 4 rings (SSSR count). The maximum Gasteiger partial charge on any atom is 0.369 e. The molecule has 2 atom stereocenters. The normalized spacial score (nSPS) is 19.8. The van der Waals surface area contributed by atoms with Crippen molar-refractivity contribution in [3.63, 3.8) is 0 Å². The highest BCUT2D eigenvalue weighted by molar-refractivity contribution is 7.17. The number of aromatic nitrogens is 2. The van der Waals surface area contributed by atoms with Crippen LogP contribution in [0.15, 0.2) is 18.2 Å². The first kappa shape index (κ1) is 23.9. The summed E-state index contributed by atoms with van der Waals surface area (Å²) in [6.45, 7) is 2.84. The van der Waals surface area contributed by atoms with Crippen LogP contribution in [0.4, 0.5) is 5.13 Å². The second kappa shape index (κ2) is 10.8. The molecule has 11 nitrogen and oxygen atoms in total. The predicted molar refractivity (Wildman–Crippen MR) is 121 cm³/mol. The molecular formula is C22H26N4O7S. The Hall–Kier alpha value is -3.25. The molecule has 12 heteroatoms. The van der Waals surface area contributed by atoms with Crippen molar-refractivity contribution >= 4 is 34.3 Å². The predicted octanol–water partition coefficient (Wildman–Crippen LogP) is 2.19. The van der Waals surface area contributed by atoms with Crippen molar-refractivity contribution in [1.29, 1.82) is 0 Å². The molecular weight excluding hydrogens is 464 g/mol. The molecule has 3 heterocycles. The van der Waals surface area contributed by atoms with Gasteiger partial charge in [0.05, 0.1) is 26.9 Å². The number of likely N-dealkylation sites (tertiary alicyclic amines) is 1. The lowest BCUT2D eigenvalue weighted by atomic mass is 9.98. The van der Waals surface area contributed by atoms with Crippen molar-refractivity contribution in [3.05, 3.63) is 28.8 Å². The standard InChI is InChI=1S/C22H26N4O7S/c1-3-31-21(29)20-24-25-22(34-20)23-17(27)12-26-11-14(10-18(26)28)13-6-7-15(30-2)16(9-13)33-19-5-4-8-32-19/h6-7,9,14,19H,3-5,8,10-12H2,1-2H3,(H,23,25,27)/t14-,19?/m1/s1. The third-order valence-electron chi connectivity index (χ3n) is 5.48. The largest absolute Gasteiger partial charge is 0.493 e. The summed E-state index contributed by atoms with van der Waals surface area (Å²) < 4.78 is 21.8.